The minimum absolute atomic E-state index is 0.310. The number of fused-ring (bicyclic) bond motifs is 1. The molecule has 0 fully saturated rings. The number of alkyl halides is 2. The SMILES string of the molecule is O=C(NCc1cnc2n1CCOC2)Nc1cnn(CC(F)F)c1. The maximum Gasteiger partial charge on any atom is 0.319 e. The molecule has 2 aromatic heterocycles. The lowest BCUT2D eigenvalue weighted by Gasteiger charge is -2.17. The van der Waals surface area contributed by atoms with Gasteiger partial charge >= 0.3 is 6.03 Å². The molecule has 124 valence electrons. The highest BCUT2D eigenvalue weighted by Gasteiger charge is 2.15. The monoisotopic (exact) mass is 326 g/mol. The molecule has 2 aromatic rings. The van der Waals surface area contributed by atoms with Crippen LogP contribution in [-0.4, -0.2) is 38.4 Å². The van der Waals surface area contributed by atoms with Gasteiger partial charge in [0.15, 0.2) is 0 Å². The zero-order valence-electron chi connectivity index (χ0n) is 12.2. The van der Waals surface area contributed by atoms with Crippen molar-refractivity contribution in [2.75, 3.05) is 11.9 Å². The summed E-state index contributed by atoms with van der Waals surface area (Å²) in [5, 5.41) is 8.99. The Balaban J connectivity index is 1.51. The molecule has 2 amide bonds. The highest BCUT2D eigenvalue weighted by molar-refractivity contribution is 5.88. The van der Waals surface area contributed by atoms with E-state index in [1.165, 1.54) is 12.4 Å². The van der Waals surface area contributed by atoms with Crippen molar-refractivity contribution >= 4 is 11.7 Å². The van der Waals surface area contributed by atoms with E-state index in [2.05, 4.69) is 20.7 Å². The first-order valence-electron chi connectivity index (χ1n) is 7.08. The van der Waals surface area contributed by atoms with Crippen LogP contribution >= 0.6 is 0 Å². The van der Waals surface area contributed by atoms with Gasteiger partial charge in [0.05, 0.1) is 36.9 Å². The Morgan fingerprint density at radius 2 is 2.30 bits per heavy atom. The molecule has 0 saturated heterocycles. The zero-order chi connectivity index (χ0) is 16.2. The van der Waals surface area contributed by atoms with Gasteiger partial charge in [0, 0.05) is 12.7 Å². The Labute approximate surface area is 130 Å². The first-order chi connectivity index (χ1) is 11.1. The number of aromatic nitrogens is 4. The summed E-state index contributed by atoms with van der Waals surface area (Å²) in [5.74, 6) is 0.835. The molecule has 3 rings (SSSR count). The average Bonchev–Trinajstić information content (AvgIpc) is 3.11. The molecule has 23 heavy (non-hydrogen) atoms. The van der Waals surface area contributed by atoms with Crippen LogP contribution in [0.5, 0.6) is 0 Å². The van der Waals surface area contributed by atoms with E-state index in [9.17, 15) is 13.6 Å². The van der Waals surface area contributed by atoms with E-state index in [-0.39, 0.29) is 0 Å². The number of imidazole rings is 1. The molecule has 0 aliphatic carbocycles. The standard InChI is InChI=1S/C13H16F2N6O2/c14-11(15)7-20-6-9(3-18-20)19-13(22)17-5-10-4-16-12-8-23-2-1-21(10)12/h3-4,6,11H,1-2,5,7-8H2,(H2,17,19,22). The second-order valence-electron chi connectivity index (χ2n) is 5.02. The van der Waals surface area contributed by atoms with Crippen molar-refractivity contribution in [3.63, 3.8) is 0 Å². The van der Waals surface area contributed by atoms with Gasteiger partial charge in [-0.3, -0.25) is 4.68 Å². The molecule has 3 heterocycles. The minimum atomic E-state index is -2.49. The Morgan fingerprint density at radius 1 is 1.43 bits per heavy atom. The lowest BCUT2D eigenvalue weighted by Crippen LogP contribution is -2.29. The summed E-state index contributed by atoms with van der Waals surface area (Å²) in [4.78, 5) is 16.1. The molecule has 2 N–H and O–H groups in total. The number of anilines is 1. The number of hydrogen-bond acceptors (Lipinski definition) is 4. The largest absolute Gasteiger partial charge is 0.372 e. The fourth-order valence-corrected chi connectivity index (χ4v) is 2.32. The first-order valence-corrected chi connectivity index (χ1v) is 7.08. The number of amides is 2. The lowest BCUT2D eigenvalue weighted by molar-refractivity contribution is 0.0806. The van der Waals surface area contributed by atoms with Crippen LogP contribution in [0.4, 0.5) is 19.3 Å². The molecule has 0 unspecified atom stereocenters. The van der Waals surface area contributed by atoms with Crippen LogP contribution in [0.25, 0.3) is 0 Å². The third kappa shape index (κ3) is 3.83. The van der Waals surface area contributed by atoms with Gasteiger partial charge in [-0.15, -0.1) is 0 Å². The van der Waals surface area contributed by atoms with Crippen LogP contribution in [0, 0.1) is 0 Å². The van der Waals surface area contributed by atoms with Gasteiger partial charge in [-0.25, -0.2) is 18.6 Å². The maximum atomic E-state index is 12.2. The third-order valence-corrected chi connectivity index (χ3v) is 3.36. The number of carbonyl (C=O) groups excluding carboxylic acids is 1. The topological polar surface area (TPSA) is 86.0 Å². The summed E-state index contributed by atoms with van der Waals surface area (Å²) in [7, 11) is 0. The number of halogens is 2. The molecule has 0 aromatic carbocycles. The number of hydrogen-bond donors (Lipinski definition) is 2. The number of urea groups is 1. The molecule has 8 nitrogen and oxygen atoms in total. The second-order valence-corrected chi connectivity index (χ2v) is 5.02. The predicted octanol–water partition coefficient (Wildman–Crippen LogP) is 1.20. The summed E-state index contributed by atoms with van der Waals surface area (Å²) in [6.07, 6.45) is 1.88. The van der Waals surface area contributed by atoms with Crippen LogP contribution in [0.3, 0.4) is 0 Å². The Kier molecular flexibility index (Phi) is 4.51. The summed E-state index contributed by atoms with van der Waals surface area (Å²) >= 11 is 0. The van der Waals surface area contributed by atoms with Crippen LogP contribution in [-0.2, 0) is 31.0 Å². The number of nitrogens with one attached hydrogen (secondary N) is 2. The van der Waals surface area contributed by atoms with Crippen LogP contribution < -0.4 is 10.6 Å². The third-order valence-electron chi connectivity index (χ3n) is 3.36. The van der Waals surface area contributed by atoms with Gasteiger partial charge in [-0.05, 0) is 0 Å². The second kappa shape index (κ2) is 6.73. The van der Waals surface area contributed by atoms with E-state index in [0.717, 1.165) is 16.2 Å². The van der Waals surface area contributed by atoms with Crippen LogP contribution in [0.1, 0.15) is 11.5 Å². The molecule has 10 heteroatoms. The van der Waals surface area contributed by atoms with Crippen molar-refractivity contribution < 1.29 is 18.3 Å². The summed E-state index contributed by atoms with van der Waals surface area (Å²) in [5.41, 5.74) is 1.23. The van der Waals surface area contributed by atoms with Crippen LogP contribution in [0.15, 0.2) is 18.6 Å². The van der Waals surface area contributed by atoms with Gasteiger partial charge < -0.3 is 19.9 Å². The van der Waals surface area contributed by atoms with Crippen molar-refractivity contribution in [3.8, 4) is 0 Å². The highest BCUT2D eigenvalue weighted by atomic mass is 19.3. The predicted molar refractivity (Wildman–Crippen MR) is 76.0 cm³/mol. The average molecular weight is 326 g/mol. The van der Waals surface area contributed by atoms with E-state index >= 15 is 0 Å². The van der Waals surface area contributed by atoms with Crippen molar-refractivity contribution in [1.82, 2.24) is 24.6 Å². The van der Waals surface area contributed by atoms with Gasteiger partial charge in [0.1, 0.15) is 19.0 Å². The zero-order valence-corrected chi connectivity index (χ0v) is 12.2. The van der Waals surface area contributed by atoms with Gasteiger partial charge in [0.25, 0.3) is 6.43 Å². The van der Waals surface area contributed by atoms with Crippen LogP contribution in [0.2, 0.25) is 0 Å². The molecule has 0 bridgehead atoms. The number of carbonyl (C=O) groups is 1. The molecule has 0 atom stereocenters. The number of rotatable bonds is 5. The molecular weight excluding hydrogens is 310 g/mol. The van der Waals surface area contributed by atoms with E-state index in [1.54, 1.807) is 6.20 Å². The number of ether oxygens (including phenoxy) is 1. The van der Waals surface area contributed by atoms with Gasteiger partial charge in [-0.2, -0.15) is 5.10 Å². The smallest absolute Gasteiger partial charge is 0.319 e. The van der Waals surface area contributed by atoms with Crippen molar-refractivity contribution in [2.24, 2.45) is 0 Å². The summed E-state index contributed by atoms with van der Waals surface area (Å²) in [6, 6.07) is -0.441. The van der Waals surface area contributed by atoms with Gasteiger partial charge in [0.2, 0.25) is 0 Å². The fourth-order valence-electron chi connectivity index (χ4n) is 2.32. The van der Waals surface area contributed by atoms with Gasteiger partial charge in [-0.1, -0.05) is 0 Å². The highest BCUT2D eigenvalue weighted by Crippen LogP contribution is 2.11. The maximum absolute atomic E-state index is 12.2. The van der Waals surface area contributed by atoms with E-state index in [4.69, 9.17) is 4.74 Å². The number of nitrogens with zero attached hydrogens (tertiary/aromatic N) is 4. The Bertz CT molecular complexity index is 684. The Morgan fingerprint density at radius 3 is 3.13 bits per heavy atom. The molecule has 0 spiro atoms. The van der Waals surface area contributed by atoms with E-state index < -0.39 is 19.0 Å². The van der Waals surface area contributed by atoms with E-state index in [0.29, 0.717) is 32.0 Å². The normalized spacial score (nSPS) is 13.9. The summed E-state index contributed by atoms with van der Waals surface area (Å²) < 4.78 is 32.8. The molecule has 0 radical (unpaired) electrons. The minimum Gasteiger partial charge on any atom is -0.372 e. The Hall–Kier alpha value is -2.49. The molecular formula is C13H16F2N6O2. The first kappa shape index (κ1) is 15.4. The van der Waals surface area contributed by atoms with Crippen molar-refractivity contribution in [1.29, 1.82) is 0 Å². The van der Waals surface area contributed by atoms with Crippen molar-refractivity contribution in [2.45, 2.75) is 32.7 Å². The molecule has 1 aliphatic heterocycles. The lowest BCUT2D eigenvalue weighted by atomic mass is 10.4. The molecule has 1 aliphatic rings. The van der Waals surface area contributed by atoms with Crippen molar-refractivity contribution in [3.05, 3.63) is 30.1 Å². The summed E-state index contributed by atoms with van der Waals surface area (Å²) in [6.45, 7) is 1.59. The quantitative estimate of drug-likeness (QED) is 0.864. The molecule has 0 saturated carbocycles. The fraction of sp³-hybridized carbons (Fsp3) is 0.462. The van der Waals surface area contributed by atoms with E-state index in [1.807, 2.05) is 4.57 Å².